The van der Waals surface area contributed by atoms with Gasteiger partial charge in [0.05, 0.1) is 6.61 Å². The summed E-state index contributed by atoms with van der Waals surface area (Å²) in [4.78, 5) is 8.72. The van der Waals surface area contributed by atoms with Gasteiger partial charge in [-0.3, -0.25) is 4.99 Å². The number of ether oxygens (including phenoxy) is 2. The first-order valence-electron chi connectivity index (χ1n) is 10.6. The molecule has 0 fully saturated rings. The van der Waals surface area contributed by atoms with Crippen LogP contribution in [-0.4, -0.2) is 31.1 Å². The largest absolute Gasteiger partial charge is 0.493 e. The van der Waals surface area contributed by atoms with Crippen molar-refractivity contribution in [1.82, 2.24) is 15.6 Å². The second-order valence-electron chi connectivity index (χ2n) is 7.39. The molecule has 0 amide bonds. The third-order valence-corrected chi connectivity index (χ3v) is 5.20. The maximum atomic E-state index is 5.94. The van der Waals surface area contributed by atoms with E-state index in [1.807, 2.05) is 42.5 Å². The van der Waals surface area contributed by atoms with Gasteiger partial charge in [0.15, 0.2) is 5.96 Å². The molecule has 0 unspecified atom stereocenters. The number of hydrogen-bond donors (Lipinski definition) is 2. The Bertz CT molecular complexity index is 1020. The van der Waals surface area contributed by atoms with Gasteiger partial charge in [0.1, 0.15) is 12.4 Å². The number of rotatable bonds is 8. The van der Waals surface area contributed by atoms with E-state index in [1.54, 1.807) is 13.2 Å². The molecule has 6 heteroatoms. The molecule has 0 bridgehead atoms. The average molecular weight is 417 g/mol. The summed E-state index contributed by atoms with van der Waals surface area (Å²) in [6.45, 7) is 2.65. The number of fused-ring (bicyclic) bond motifs is 1. The quantitative estimate of drug-likeness (QED) is 0.435. The van der Waals surface area contributed by atoms with Gasteiger partial charge in [0, 0.05) is 38.3 Å². The van der Waals surface area contributed by atoms with Crippen LogP contribution < -0.4 is 20.1 Å². The summed E-state index contributed by atoms with van der Waals surface area (Å²) in [5.74, 6) is 2.41. The lowest BCUT2D eigenvalue weighted by molar-refractivity contribution is 0.290. The van der Waals surface area contributed by atoms with Gasteiger partial charge in [0.2, 0.25) is 5.88 Å². The van der Waals surface area contributed by atoms with E-state index in [1.165, 1.54) is 11.1 Å². The molecule has 1 aliphatic rings. The molecule has 6 nitrogen and oxygen atoms in total. The summed E-state index contributed by atoms with van der Waals surface area (Å²) in [6.07, 6.45) is 3.67. The second-order valence-corrected chi connectivity index (χ2v) is 7.39. The van der Waals surface area contributed by atoms with Crippen LogP contribution >= 0.6 is 0 Å². The van der Waals surface area contributed by atoms with E-state index >= 15 is 0 Å². The zero-order valence-electron chi connectivity index (χ0n) is 17.8. The molecule has 0 aliphatic carbocycles. The molecule has 160 valence electrons. The molecule has 0 atom stereocenters. The van der Waals surface area contributed by atoms with Crippen LogP contribution in [0, 0.1) is 0 Å². The lowest BCUT2D eigenvalue weighted by Gasteiger charge is -2.14. The Hall–Kier alpha value is -3.54. The van der Waals surface area contributed by atoms with Crippen molar-refractivity contribution >= 4 is 5.96 Å². The van der Waals surface area contributed by atoms with E-state index in [9.17, 15) is 0 Å². The minimum absolute atomic E-state index is 0.490. The maximum absolute atomic E-state index is 5.94. The van der Waals surface area contributed by atoms with Gasteiger partial charge < -0.3 is 20.1 Å². The summed E-state index contributed by atoms with van der Waals surface area (Å²) in [5, 5.41) is 6.73. The van der Waals surface area contributed by atoms with Crippen LogP contribution in [0.25, 0.3) is 0 Å². The number of nitrogens with zero attached hydrogens (tertiary/aromatic N) is 2. The Kier molecular flexibility index (Phi) is 7.00. The van der Waals surface area contributed by atoms with E-state index in [0.717, 1.165) is 48.8 Å². The molecule has 2 aromatic carbocycles. The zero-order valence-corrected chi connectivity index (χ0v) is 17.8. The monoisotopic (exact) mass is 416 g/mol. The van der Waals surface area contributed by atoms with Crippen LogP contribution in [0.15, 0.2) is 71.9 Å². The van der Waals surface area contributed by atoms with E-state index in [2.05, 4.69) is 38.8 Å². The van der Waals surface area contributed by atoms with Crippen molar-refractivity contribution < 1.29 is 9.47 Å². The van der Waals surface area contributed by atoms with Gasteiger partial charge >= 0.3 is 0 Å². The Balaban J connectivity index is 1.27. The average Bonchev–Trinajstić information content (AvgIpc) is 3.29. The molecular formula is C25H28N4O2. The Morgan fingerprint density at radius 3 is 2.84 bits per heavy atom. The smallest absolute Gasteiger partial charge is 0.218 e. The van der Waals surface area contributed by atoms with Crippen molar-refractivity contribution in [1.29, 1.82) is 0 Å². The first-order valence-corrected chi connectivity index (χ1v) is 10.6. The normalized spacial score (nSPS) is 12.7. The molecule has 0 saturated heterocycles. The summed E-state index contributed by atoms with van der Waals surface area (Å²) in [5.41, 5.74) is 4.71. The summed E-state index contributed by atoms with van der Waals surface area (Å²) in [6, 6.07) is 20.5. The molecular weight excluding hydrogens is 388 g/mol. The van der Waals surface area contributed by atoms with E-state index in [-0.39, 0.29) is 0 Å². The first kappa shape index (κ1) is 20.7. The van der Waals surface area contributed by atoms with Gasteiger partial charge in [0.25, 0.3) is 0 Å². The molecule has 4 rings (SSSR count). The Morgan fingerprint density at radius 2 is 1.97 bits per heavy atom. The Morgan fingerprint density at radius 1 is 1.06 bits per heavy atom. The van der Waals surface area contributed by atoms with Gasteiger partial charge in [-0.05, 0) is 35.2 Å². The van der Waals surface area contributed by atoms with Crippen LogP contribution in [0.4, 0.5) is 0 Å². The molecule has 31 heavy (non-hydrogen) atoms. The fraction of sp³-hybridized carbons (Fsp3) is 0.280. The van der Waals surface area contributed by atoms with Crippen LogP contribution in [0.2, 0.25) is 0 Å². The zero-order chi connectivity index (χ0) is 21.3. The molecule has 3 aromatic rings. The fourth-order valence-corrected chi connectivity index (χ4v) is 3.53. The summed E-state index contributed by atoms with van der Waals surface area (Å²) in [7, 11) is 1.78. The van der Waals surface area contributed by atoms with Crippen LogP contribution in [0.5, 0.6) is 11.6 Å². The van der Waals surface area contributed by atoms with E-state index in [0.29, 0.717) is 19.0 Å². The highest BCUT2D eigenvalue weighted by atomic mass is 16.5. The minimum atomic E-state index is 0.490. The molecule has 2 heterocycles. The van der Waals surface area contributed by atoms with Crippen molar-refractivity contribution in [3.05, 3.63) is 89.1 Å². The first-order chi connectivity index (χ1) is 15.3. The minimum Gasteiger partial charge on any atom is -0.493 e. The molecule has 0 saturated carbocycles. The van der Waals surface area contributed by atoms with Crippen LogP contribution in [0.1, 0.15) is 22.3 Å². The van der Waals surface area contributed by atoms with Gasteiger partial charge in [-0.2, -0.15) is 0 Å². The Labute approximate surface area is 183 Å². The maximum Gasteiger partial charge on any atom is 0.218 e. The summed E-state index contributed by atoms with van der Waals surface area (Å²) < 4.78 is 11.5. The number of guanidine groups is 1. The molecule has 2 N–H and O–H groups in total. The third-order valence-electron chi connectivity index (χ3n) is 5.20. The molecule has 0 spiro atoms. The second kappa shape index (κ2) is 10.5. The van der Waals surface area contributed by atoms with Crippen molar-refractivity contribution in [2.24, 2.45) is 4.99 Å². The van der Waals surface area contributed by atoms with Crippen molar-refractivity contribution in [3.63, 3.8) is 0 Å². The van der Waals surface area contributed by atoms with Gasteiger partial charge in [-0.1, -0.05) is 48.5 Å². The van der Waals surface area contributed by atoms with Crippen molar-refractivity contribution in [2.45, 2.75) is 26.0 Å². The topological polar surface area (TPSA) is 67.8 Å². The highest BCUT2D eigenvalue weighted by Gasteiger charge is 2.12. The number of hydrogen-bond acceptors (Lipinski definition) is 4. The van der Waals surface area contributed by atoms with Crippen molar-refractivity contribution in [3.8, 4) is 11.6 Å². The van der Waals surface area contributed by atoms with E-state index in [4.69, 9.17) is 9.47 Å². The number of aromatic nitrogens is 1. The number of aliphatic imine (C=N–C) groups is 1. The predicted octanol–water partition coefficient (Wildman–Crippen LogP) is 3.50. The van der Waals surface area contributed by atoms with Gasteiger partial charge in [-0.15, -0.1) is 0 Å². The predicted molar refractivity (Wildman–Crippen MR) is 123 cm³/mol. The number of nitrogens with one attached hydrogen (secondary N) is 2. The van der Waals surface area contributed by atoms with Gasteiger partial charge in [-0.25, -0.2) is 4.98 Å². The van der Waals surface area contributed by atoms with Crippen LogP contribution in [0.3, 0.4) is 0 Å². The fourth-order valence-electron chi connectivity index (χ4n) is 3.53. The number of pyridine rings is 1. The highest BCUT2D eigenvalue weighted by Crippen LogP contribution is 2.25. The SMILES string of the molecule is CN=C(NCCc1ccc2c(c1)CCO2)NCc1cccnc1OCc1ccccc1. The molecule has 0 radical (unpaired) electrons. The van der Waals surface area contributed by atoms with Crippen LogP contribution in [-0.2, 0) is 26.0 Å². The number of benzene rings is 2. The molecule has 1 aromatic heterocycles. The third kappa shape index (κ3) is 5.75. The molecule has 1 aliphatic heterocycles. The standard InChI is InChI=1S/C25H28N4O2/c1-26-25(28-14-11-19-9-10-23-21(16-19)12-15-30-23)29-17-22-8-5-13-27-24(22)31-18-20-6-3-2-4-7-20/h2-10,13,16H,11-12,14-15,17-18H2,1H3,(H2,26,28,29). The lowest BCUT2D eigenvalue weighted by atomic mass is 10.1. The summed E-state index contributed by atoms with van der Waals surface area (Å²) >= 11 is 0. The highest BCUT2D eigenvalue weighted by molar-refractivity contribution is 5.79. The van der Waals surface area contributed by atoms with E-state index < -0.39 is 0 Å². The lowest BCUT2D eigenvalue weighted by Crippen LogP contribution is -2.38. The van der Waals surface area contributed by atoms with Crippen molar-refractivity contribution in [2.75, 3.05) is 20.2 Å².